The molecule has 0 unspecified atom stereocenters. The summed E-state index contributed by atoms with van der Waals surface area (Å²) in [7, 11) is 0. The Bertz CT molecular complexity index is 3660. The molecule has 316 valence electrons. The van der Waals surface area contributed by atoms with Gasteiger partial charge in [0.15, 0.2) is 0 Å². The van der Waals surface area contributed by atoms with Crippen LogP contribution >= 0.6 is 0 Å². The minimum atomic E-state index is 0.798. The number of hydrogen-bond donors (Lipinski definition) is 0. The first-order valence-electron chi connectivity index (χ1n) is 22.8. The average Bonchev–Trinajstić information content (AvgIpc) is 3.77. The van der Waals surface area contributed by atoms with Crippen LogP contribution in [0.15, 0.2) is 271 Å². The van der Waals surface area contributed by atoms with Gasteiger partial charge in [0.2, 0.25) is 0 Å². The van der Waals surface area contributed by atoms with Crippen molar-refractivity contribution in [1.82, 2.24) is 0 Å². The van der Waals surface area contributed by atoms with Gasteiger partial charge in [0.1, 0.15) is 11.2 Å². The Kier molecular flexibility index (Phi) is 10.2. The summed E-state index contributed by atoms with van der Waals surface area (Å²) in [5.41, 5.74) is 17.0. The van der Waals surface area contributed by atoms with Gasteiger partial charge >= 0.3 is 0 Å². The Hall–Kier alpha value is -8.92. The molecular weight excluding hydrogens is 813 g/mol. The summed E-state index contributed by atoms with van der Waals surface area (Å²) in [6, 6.07) is 95.5. The first-order valence-corrected chi connectivity index (χ1v) is 22.8. The molecule has 0 amide bonds. The van der Waals surface area contributed by atoms with E-state index in [1.807, 2.05) is 0 Å². The average molecular weight is 857 g/mol. The molecule has 0 atom stereocenters. The van der Waals surface area contributed by atoms with Gasteiger partial charge in [-0.1, -0.05) is 206 Å². The first-order chi connectivity index (χ1) is 33.2. The summed E-state index contributed by atoms with van der Waals surface area (Å²) >= 11 is 0. The third-order valence-electron chi connectivity index (χ3n) is 12.8. The molecule has 0 bridgehead atoms. The maximum atomic E-state index is 7.09. The van der Waals surface area contributed by atoms with Gasteiger partial charge in [-0.2, -0.15) is 0 Å². The van der Waals surface area contributed by atoms with Crippen molar-refractivity contribution in [3.05, 3.63) is 267 Å². The van der Waals surface area contributed by atoms with E-state index in [0.29, 0.717) is 0 Å². The van der Waals surface area contributed by atoms with Crippen LogP contribution in [-0.2, 0) is 0 Å². The second-order valence-corrected chi connectivity index (χ2v) is 16.9. The molecule has 0 fully saturated rings. The minimum Gasteiger partial charge on any atom is -0.456 e. The lowest BCUT2D eigenvalue weighted by molar-refractivity contribution is 0.669. The van der Waals surface area contributed by atoms with Crippen molar-refractivity contribution in [1.29, 1.82) is 0 Å². The van der Waals surface area contributed by atoms with E-state index in [1.165, 1.54) is 16.7 Å². The van der Waals surface area contributed by atoms with Crippen molar-refractivity contribution < 1.29 is 4.42 Å². The molecule has 3 nitrogen and oxygen atoms in total. The van der Waals surface area contributed by atoms with Gasteiger partial charge in [0.25, 0.3) is 0 Å². The fraction of sp³-hybridized carbons (Fsp3) is 0. The molecule has 0 N–H and O–H groups in total. The van der Waals surface area contributed by atoms with Gasteiger partial charge in [0.05, 0.1) is 28.1 Å². The number of hydrogen-bond acceptors (Lipinski definition) is 3. The highest BCUT2D eigenvalue weighted by Gasteiger charge is 2.26. The van der Waals surface area contributed by atoms with Crippen molar-refractivity contribution in [2.45, 2.75) is 0 Å². The predicted octanol–water partition coefficient (Wildman–Crippen LogP) is 18.3. The van der Waals surface area contributed by atoms with Crippen molar-refractivity contribution in [2.75, 3.05) is 9.80 Å². The zero-order chi connectivity index (χ0) is 44.5. The number of furan rings is 1. The van der Waals surface area contributed by atoms with Crippen LogP contribution < -0.4 is 9.80 Å². The molecule has 12 rings (SSSR count). The topological polar surface area (TPSA) is 19.6 Å². The van der Waals surface area contributed by atoms with Crippen molar-refractivity contribution >= 4 is 66.8 Å². The van der Waals surface area contributed by atoms with E-state index >= 15 is 0 Å². The van der Waals surface area contributed by atoms with Gasteiger partial charge in [0, 0.05) is 34.0 Å². The van der Waals surface area contributed by atoms with Crippen LogP contribution in [0.1, 0.15) is 0 Å². The fourth-order valence-corrected chi connectivity index (χ4v) is 9.62. The number of nitrogens with zero attached hydrogens (tertiary/aromatic N) is 2. The first kappa shape index (κ1) is 39.7. The molecule has 0 aliphatic carbocycles. The standard InChI is InChI=1S/C64H44N2O/c1-5-19-45(20-6-1)47-33-35-50(36-34-47)57-30-15-17-31-59(57)65(53-27-11-4-12-28-53)55-43-61(64-58-41-51-25-13-14-26-52(51)42-62(58)67-63(64)44-55)66(54-39-37-48(38-40-54)46-21-7-2-8-22-46)60-32-18-16-29-56(60)49-23-9-3-10-24-49/h1-44H. The van der Waals surface area contributed by atoms with Gasteiger partial charge < -0.3 is 14.2 Å². The van der Waals surface area contributed by atoms with E-state index in [-0.39, 0.29) is 0 Å². The molecular formula is C64H44N2O. The second-order valence-electron chi connectivity index (χ2n) is 16.9. The van der Waals surface area contributed by atoms with Gasteiger partial charge in [-0.15, -0.1) is 0 Å². The van der Waals surface area contributed by atoms with Crippen LogP contribution in [0.4, 0.5) is 34.1 Å². The Balaban J connectivity index is 1.14. The van der Waals surface area contributed by atoms with Crippen LogP contribution in [-0.4, -0.2) is 0 Å². The predicted molar refractivity (Wildman–Crippen MR) is 282 cm³/mol. The van der Waals surface area contributed by atoms with Crippen LogP contribution in [0.5, 0.6) is 0 Å². The normalized spacial score (nSPS) is 11.3. The maximum Gasteiger partial charge on any atom is 0.139 e. The molecule has 0 spiro atoms. The van der Waals surface area contributed by atoms with Crippen LogP contribution in [0.2, 0.25) is 0 Å². The summed E-state index contributed by atoms with van der Waals surface area (Å²) in [5.74, 6) is 0. The highest BCUT2D eigenvalue weighted by atomic mass is 16.3. The third-order valence-corrected chi connectivity index (χ3v) is 12.8. The molecule has 1 aromatic heterocycles. The maximum absolute atomic E-state index is 7.09. The van der Waals surface area contributed by atoms with E-state index in [2.05, 4.69) is 277 Å². The zero-order valence-electron chi connectivity index (χ0n) is 36.7. The molecule has 0 saturated carbocycles. The molecule has 11 aromatic carbocycles. The monoisotopic (exact) mass is 856 g/mol. The Morgan fingerprint density at radius 1 is 0.254 bits per heavy atom. The van der Waals surface area contributed by atoms with Crippen LogP contribution in [0, 0.1) is 0 Å². The highest BCUT2D eigenvalue weighted by Crippen LogP contribution is 2.51. The number of fused-ring (bicyclic) bond motifs is 4. The molecule has 3 heteroatoms. The molecule has 0 radical (unpaired) electrons. The Morgan fingerprint density at radius 2 is 0.672 bits per heavy atom. The number of para-hydroxylation sites is 3. The lowest BCUT2D eigenvalue weighted by Gasteiger charge is -2.32. The highest BCUT2D eigenvalue weighted by molar-refractivity contribution is 6.18. The number of rotatable bonds is 10. The molecule has 0 saturated heterocycles. The smallest absolute Gasteiger partial charge is 0.139 e. The zero-order valence-corrected chi connectivity index (χ0v) is 36.7. The number of anilines is 6. The SMILES string of the molecule is c1ccc(-c2ccc(-c3ccccc3N(c3ccccc3)c3cc(N(c4ccc(-c5ccccc5)cc4)c4ccccc4-c4ccccc4)c4c(c3)oc3cc5ccccc5cc34)cc2)cc1. The molecule has 12 aromatic rings. The Morgan fingerprint density at radius 3 is 1.27 bits per heavy atom. The number of benzene rings is 11. The summed E-state index contributed by atoms with van der Waals surface area (Å²) in [4.78, 5) is 4.82. The molecule has 0 aliphatic rings. The van der Waals surface area contributed by atoms with Gasteiger partial charge in [-0.3, -0.25) is 0 Å². The molecule has 1 heterocycles. The van der Waals surface area contributed by atoms with E-state index < -0.39 is 0 Å². The van der Waals surface area contributed by atoms with E-state index in [4.69, 9.17) is 4.42 Å². The van der Waals surface area contributed by atoms with Crippen molar-refractivity contribution in [3.8, 4) is 44.5 Å². The second kappa shape index (κ2) is 17.2. The molecule has 0 aliphatic heterocycles. The fourth-order valence-electron chi connectivity index (χ4n) is 9.62. The lowest BCUT2D eigenvalue weighted by atomic mass is 9.97. The van der Waals surface area contributed by atoms with Crippen molar-refractivity contribution in [2.24, 2.45) is 0 Å². The largest absolute Gasteiger partial charge is 0.456 e. The lowest BCUT2D eigenvalue weighted by Crippen LogP contribution is -2.15. The Labute approximate surface area is 390 Å². The minimum absolute atomic E-state index is 0.798. The summed E-state index contributed by atoms with van der Waals surface area (Å²) < 4.78 is 7.09. The van der Waals surface area contributed by atoms with Crippen LogP contribution in [0.25, 0.3) is 77.2 Å². The van der Waals surface area contributed by atoms with E-state index in [9.17, 15) is 0 Å². The van der Waals surface area contributed by atoms with E-state index in [1.54, 1.807) is 0 Å². The third kappa shape index (κ3) is 7.49. The van der Waals surface area contributed by atoms with E-state index in [0.717, 1.165) is 94.7 Å². The molecule has 67 heavy (non-hydrogen) atoms. The van der Waals surface area contributed by atoms with Gasteiger partial charge in [-0.25, -0.2) is 0 Å². The summed E-state index contributed by atoms with van der Waals surface area (Å²) in [5, 5.41) is 4.40. The van der Waals surface area contributed by atoms with Crippen LogP contribution in [0.3, 0.4) is 0 Å². The quantitative estimate of drug-likeness (QED) is 0.137. The summed E-state index contributed by atoms with van der Waals surface area (Å²) in [6.45, 7) is 0. The summed E-state index contributed by atoms with van der Waals surface area (Å²) in [6.07, 6.45) is 0. The van der Waals surface area contributed by atoms with Gasteiger partial charge in [-0.05, 0) is 98.8 Å². The van der Waals surface area contributed by atoms with Crippen molar-refractivity contribution in [3.63, 3.8) is 0 Å².